The Bertz CT molecular complexity index is 1210. The fourth-order valence-corrected chi connectivity index (χ4v) is 3.52. The first-order valence-corrected chi connectivity index (χ1v) is 11.5. The van der Waals surface area contributed by atoms with Gasteiger partial charge in [-0.25, -0.2) is 0 Å². The minimum absolute atomic E-state index is 0.110. The van der Waals surface area contributed by atoms with E-state index in [9.17, 15) is 4.79 Å². The molecule has 0 heterocycles. The van der Waals surface area contributed by atoms with Gasteiger partial charge in [-0.15, -0.1) is 0 Å². The van der Waals surface area contributed by atoms with Crippen LogP contribution in [-0.4, -0.2) is 27.1 Å². The summed E-state index contributed by atoms with van der Waals surface area (Å²) in [5, 5.41) is 0. The summed E-state index contributed by atoms with van der Waals surface area (Å²) in [6.45, 7) is 4.32. The Kier molecular flexibility index (Phi) is 9.08. The van der Waals surface area contributed by atoms with Crippen molar-refractivity contribution in [1.82, 2.24) is 0 Å². The van der Waals surface area contributed by atoms with Crippen molar-refractivity contribution in [3.63, 3.8) is 0 Å². The molecule has 0 fully saturated rings. The number of ether oxygens (including phenoxy) is 3. The van der Waals surface area contributed by atoms with Crippen LogP contribution in [0.5, 0.6) is 17.2 Å². The minimum Gasteiger partial charge on any atom is -0.497 e. The molecule has 3 aromatic carbocycles. The quantitative estimate of drug-likeness (QED) is 0.231. The van der Waals surface area contributed by atoms with Gasteiger partial charge >= 0.3 is 0 Å². The fraction of sp³-hybridized carbons (Fsp3) is 0.194. The first-order valence-electron chi connectivity index (χ1n) is 11.5. The first kappa shape index (κ1) is 25.6. The van der Waals surface area contributed by atoms with Crippen molar-refractivity contribution in [2.75, 3.05) is 21.3 Å². The Labute approximate surface area is 208 Å². The molecule has 4 heteroatoms. The molecule has 0 aliphatic carbocycles. The molecule has 4 nitrogen and oxygen atoms in total. The van der Waals surface area contributed by atoms with Gasteiger partial charge in [0.2, 0.25) is 0 Å². The normalized spacial score (nSPS) is 11.6. The van der Waals surface area contributed by atoms with Gasteiger partial charge in [0.25, 0.3) is 0 Å². The third-order valence-electron chi connectivity index (χ3n) is 5.63. The Morgan fingerprint density at radius 1 is 0.686 bits per heavy atom. The molecule has 0 unspecified atom stereocenters. The van der Waals surface area contributed by atoms with Crippen LogP contribution < -0.4 is 14.2 Å². The van der Waals surface area contributed by atoms with Crippen LogP contribution in [0, 0.1) is 0 Å². The standard InChI is InChI=1S/C31H32O4/c1-22(2)25-12-6-23(7-13-25)9-15-27(32)16-19-30-26(20-29(34-4)21-31(30)35-5)14-8-24-10-17-28(33-3)18-11-24/h6-22H,1-5H3/b14-8+,15-9+,19-16+. The Balaban J connectivity index is 1.84. The van der Waals surface area contributed by atoms with E-state index >= 15 is 0 Å². The highest BCUT2D eigenvalue weighted by Crippen LogP contribution is 2.31. The van der Waals surface area contributed by atoms with Gasteiger partial charge in [-0.3, -0.25) is 4.79 Å². The summed E-state index contributed by atoms with van der Waals surface area (Å²) in [6.07, 6.45) is 10.7. The van der Waals surface area contributed by atoms with Crippen LogP contribution in [0.15, 0.2) is 72.8 Å². The van der Waals surface area contributed by atoms with Crippen molar-refractivity contribution in [3.05, 3.63) is 101 Å². The van der Waals surface area contributed by atoms with Crippen molar-refractivity contribution in [2.45, 2.75) is 19.8 Å². The number of hydrogen-bond acceptors (Lipinski definition) is 4. The molecule has 0 bridgehead atoms. The van der Waals surface area contributed by atoms with Gasteiger partial charge in [0.1, 0.15) is 17.2 Å². The predicted octanol–water partition coefficient (Wildman–Crippen LogP) is 7.30. The van der Waals surface area contributed by atoms with Gasteiger partial charge in [0.15, 0.2) is 5.78 Å². The SMILES string of the molecule is COc1ccc(/C=C/c2cc(OC)cc(OC)c2/C=C/C(=O)/C=C/c2ccc(C(C)C)cc2)cc1. The summed E-state index contributed by atoms with van der Waals surface area (Å²) in [4.78, 5) is 12.6. The molecule has 0 aliphatic heterocycles. The van der Waals surface area contributed by atoms with Crippen molar-refractivity contribution in [1.29, 1.82) is 0 Å². The van der Waals surface area contributed by atoms with E-state index < -0.39 is 0 Å². The summed E-state index contributed by atoms with van der Waals surface area (Å²) >= 11 is 0. The number of methoxy groups -OCH3 is 3. The summed E-state index contributed by atoms with van der Waals surface area (Å²) in [5.41, 5.74) is 4.94. The van der Waals surface area contributed by atoms with Crippen LogP contribution in [-0.2, 0) is 4.79 Å². The highest BCUT2D eigenvalue weighted by molar-refractivity contribution is 6.05. The molecular weight excluding hydrogens is 436 g/mol. The average molecular weight is 469 g/mol. The Hall–Kier alpha value is -4.05. The molecule has 0 radical (unpaired) electrons. The van der Waals surface area contributed by atoms with Gasteiger partial charge < -0.3 is 14.2 Å². The van der Waals surface area contributed by atoms with Gasteiger partial charge in [-0.1, -0.05) is 68.5 Å². The van der Waals surface area contributed by atoms with Gasteiger partial charge in [-0.05, 0) is 64.6 Å². The van der Waals surface area contributed by atoms with Crippen molar-refractivity contribution >= 4 is 30.1 Å². The molecule has 0 N–H and O–H groups in total. The number of rotatable bonds is 10. The molecule has 0 atom stereocenters. The molecule has 3 aromatic rings. The topological polar surface area (TPSA) is 44.8 Å². The molecule has 0 saturated heterocycles. The van der Waals surface area contributed by atoms with Crippen LogP contribution >= 0.6 is 0 Å². The molecule has 0 saturated carbocycles. The van der Waals surface area contributed by atoms with Crippen molar-refractivity contribution < 1.29 is 19.0 Å². The monoisotopic (exact) mass is 468 g/mol. The first-order chi connectivity index (χ1) is 16.9. The molecule has 0 spiro atoms. The fourth-order valence-electron chi connectivity index (χ4n) is 3.52. The zero-order valence-electron chi connectivity index (χ0n) is 20.9. The number of carbonyl (C=O) groups is 1. The number of carbonyl (C=O) groups excluding carboxylic acids is 1. The third kappa shape index (κ3) is 7.21. The number of ketones is 1. The second-order valence-corrected chi connectivity index (χ2v) is 8.33. The largest absolute Gasteiger partial charge is 0.497 e. The molecule has 0 aromatic heterocycles. The number of hydrogen-bond donors (Lipinski definition) is 0. The maximum absolute atomic E-state index is 12.6. The summed E-state index contributed by atoms with van der Waals surface area (Å²) in [7, 11) is 4.86. The number of allylic oxidation sites excluding steroid dienone is 2. The summed E-state index contributed by atoms with van der Waals surface area (Å²) in [5.74, 6) is 2.46. The van der Waals surface area contributed by atoms with Crippen LogP contribution in [0.2, 0.25) is 0 Å². The second kappa shape index (κ2) is 12.4. The maximum Gasteiger partial charge on any atom is 0.178 e. The average Bonchev–Trinajstić information content (AvgIpc) is 2.89. The van der Waals surface area contributed by atoms with E-state index in [2.05, 4.69) is 26.0 Å². The lowest BCUT2D eigenvalue weighted by Gasteiger charge is -2.11. The van der Waals surface area contributed by atoms with Crippen LogP contribution in [0.4, 0.5) is 0 Å². The number of benzene rings is 3. The molecule has 0 aliphatic rings. The Morgan fingerprint density at radius 3 is 1.89 bits per heavy atom. The lowest BCUT2D eigenvalue weighted by Crippen LogP contribution is -1.94. The summed E-state index contributed by atoms with van der Waals surface area (Å²) < 4.78 is 16.3. The highest BCUT2D eigenvalue weighted by Gasteiger charge is 2.09. The lowest BCUT2D eigenvalue weighted by atomic mass is 10.0. The van der Waals surface area contributed by atoms with E-state index in [0.29, 0.717) is 17.4 Å². The zero-order valence-corrected chi connectivity index (χ0v) is 20.9. The molecule has 35 heavy (non-hydrogen) atoms. The lowest BCUT2D eigenvalue weighted by molar-refractivity contribution is -0.110. The second-order valence-electron chi connectivity index (χ2n) is 8.33. The predicted molar refractivity (Wildman–Crippen MR) is 145 cm³/mol. The van der Waals surface area contributed by atoms with E-state index in [1.807, 2.05) is 60.7 Å². The van der Waals surface area contributed by atoms with Gasteiger partial charge in [-0.2, -0.15) is 0 Å². The maximum atomic E-state index is 12.6. The van der Waals surface area contributed by atoms with E-state index in [-0.39, 0.29) is 5.78 Å². The van der Waals surface area contributed by atoms with E-state index in [4.69, 9.17) is 14.2 Å². The van der Waals surface area contributed by atoms with E-state index in [1.54, 1.807) is 45.6 Å². The van der Waals surface area contributed by atoms with Gasteiger partial charge in [0, 0.05) is 11.6 Å². The molecular formula is C31H32O4. The van der Waals surface area contributed by atoms with Crippen LogP contribution in [0.3, 0.4) is 0 Å². The third-order valence-corrected chi connectivity index (χ3v) is 5.63. The smallest absolute Gasteiger partial charge is 0.178 e. The summed E-state index contributed by atoms with van der Waals surface area (Å²) in [6, 6.07) is 19.7. The zero-order chi connectivity index (χ0) is 25.2. The van der Waals surface area contributed by atoms with Crippen molar-refractivity contribution in [3.8, 4) is 17.2 Å². The minimum atomic E-state index is -0.110. The molecule has 0 amide bonds. The van der Waals surface area contributed by atoms with E-state index in [1.165, 1.54) is 5.56 Å². The Morgan fingerprint density at radius 2 is 1.29 bits per heavy atom. The molecule has 3 rings (SSSR count). The van der Waals surface area contributed by atoms with Crippen molar-refractivity contribution in [2.24, 2.45) is 0 Å². The van der Waals surface area contributed by atoms with Crippen LogP contribution in [0.1, 0.15) is 47.6 Å². The van der Waals surface area contributed by atoms with Crippen LogP contribution in [0.25, 0.3) is 24.3 Å². The van der Waals surface area contributed by atoms with Gasteiger partial charge in [0.05, 0.1) is 21.3 Å². The van der Waals surface area contributed by atoms with E-state index in [0.717, 1.165) is 28.0 Å². The highest BCUT2D eigenvalue weighted by atomic mass is 16.5. The molecule has 180 valence electrons.